The first kappa shape index (κ1) is 18.3. The van der Waals surface area contributed by atoms with Crippen LogP contribution in [0.15, 0.2) is 48.5 Å². The fourth-order valence-corrected chi connectivity index (χ4v) is 3.19. The van der Waals surface area contributed by atoms with E-state index in [0.717, 1.165) is 42.4 Å². The van der Waals surface area contributed by atoms with Gasteiger partial charge < -0.3 is 19.7 Å². The molecule has 0 saturated carbocycles. The summed E-state index contributed by atoms with van der Waals surface area (Å²) >= 11 is 0. The van der Waals surface area contributed by atoms with Crippen molar-refractivity contribution < 1.29 is 14.3 Å². The fraction of sp³-hybridized carbons (Fsp3) is 0.381. The lowest BCUT2D eigenvalue weighted by Gasteiger charge is -2.33. The molecule has 0 aliphatic carbocycles. The summed E-state index contributed by atoms with van der Waals surface area (Å²) in [6.07, 6.45) is 1.32. The number of nitrogens with zero attached hydrogens (tertiary/aromatic N) is 1. The van der Waals surface area contributed by atoms with Crippen LogP contribution in [-0.2, 0) is 16.0 Å². The quantitative estimate of drug-likeness (QED) is 0.863. The van der Waals surface area contributed by atoms with Crippen molar-refractivity contribution in [2.75, 3.05) is 37.0 Å². The lowest BCUT2D eigenvalue weighted by molar-refractivity contribution is -0.116. The number of carbonyl (C=O) groups excluding carboxylic acids is 1. The number of ether oxygens (including phenoxy) is 2. The Labute approximate surface area is 154 Å². The molecule has 1 unspecified atom stereocenters. The van der Waals surface area contributed by atoms with Crippen molar-refractivity contribution in [1.29, 1.82) is 0 Å². The minimum absolute atomic E-state index is 0.00338. The average Bonchev–Trinajstić information content (AvgIpc) is 2.67. The molecule has 26 heavy (non-hydrogen) atoms. The van der Waals surface area contributed by atoms with Crippen LogP contribution in [-0.4, -0.2) is 38.8 Å². The summed E-state index contributed by atoms with van der Waals surface area (Å²) in [5.74, 6) is 0.827. The maximum Gasteiger partial charge on any atom is 0.224 e. The minimum Gasteiger partial charge on any atom is -0.496 e. The molecule has 1 aliphatic heterocycles. The molecule has 1 heterocycles. The lowest BCUT2D eigenvalue weighted by Crippen LogP contribution is -2.41. The fourth-order valence-electron chi connectivity index (χ4n) is 3.19. The van der Waals surface area contributed by atoms with Crippen LogP contribution in [0.25, 0.3) is 0 Å². The van der Waals surface area contributed by atoms with Crippen LogP contribution in [0.3, 0.4) is 0 Å². The van der Waals surface area contributed by atoms with Gasteiger partial charge in [-0.15, -0.1) is 0 Å². The molecule has 1 aliphatic rings. The van der Waals surface area contributed by atoms with Crippen LogP contribution < -0.4 is 15.0 Å². The Bertz CT molecular complexity index is 730. The highest BCUT2D eigenvalue weighted by molar-refractivity contribution is 5.91. The van der Waals surface area contributed by atoms with Crippen molar-refractivity contribution in [3.05, 3.63) is 54.1 Å². The van der Waals surface area contributed by atoms with Gasteiger partial charge in [0, 0.05) is 30.9 Å². The number of para-hydroxylation sites is 1. The van der Waals surface area contributed by atoms with E-state index < -0.39 is 0 Å². The Morgan fingerprint density at radius 3 is 2.73 bits per heavy atom. The number of morpholine rings is 1. The minimum atomic E-state index is 0.00338. The summed E-state index contributed by atoms with van der Waals surface area (Å²) in [5.41, 5.74) is 3.02. The van der Waals surface area contributed by atoms with E-state index in [-0.39, 0.29) is 12.0 Å². The zero-order valence-electron chi connectivity index (χ0n) is 15.4. The van der Waals surface area contributed by atoms with Crippen molar-refractivity contribution in [3.63, 3.8) is 0 Å². The van der Waals surface area contributed by atoms with E-state index in [1.54, 1.807) is 7.11 Å². The summed E-state index contributed by atoms with van der Waals surface area (Å²) < 4.78 is 10.9. The highest BCUT2D eigenvalue weighted by Crippen LogP contribution is 2.21. The average molecular weight is 354 g/mol. The third-order valence-corrected chi connectivity index (χ3v) is 4.57. The van der Waals surface area contributed by atoms with Gasteiger partial charge in [-0.3, -0.25) is 4.79 Å². The zero-order valence-corrected chi connectivity index (χ0v) is 15.4. The van der Waals surface area contributed by atoms with Crippen molar-refractivity contribution in [3.8, 4) is 5.75 Å². The van der Waals surface area contributed by atoms with E-state index in [9.17, 15) is 4.79 Å². The van der Waals surface area contributed by atoms with Gasteiger partial charge in [-0.25, -0.2) is 0 Å². The van der Waals surface area contributed by atoms with Gasteiger partial charge in [0.25, 0.3) is 0 Å². The van der Waals surface area contributed by atoms with Gasteiger partial charge in [0.05, 0.1) is 19.8 Å². The molecule has 3 rings (SSSR count). The predicted octanol–water partition coefficient (Wildman–Crippen LogP) is 3.49. The maximum absolute atomic E-state index is 12.2. The SMILES string of the molecule is COc1ccccc1CCC(=O)Nc1ccc(N2CCOC(C)C2)cc1. The molecule has 0 aromatic heterocycles. The number of carbonyl (C=O) groups is 1. The second-order valence-corrected chi connectivity index (χ2v) is 6.53. The summed E-state index contributed by atoms with van der Waals surface area (Å²) in [5, 5.41) is 2.97. The van der Waals surface area contributed by atoms with E-state index in [4.69, 9.17) is 9.47 Å². The Hall–Kier alpha value is -2.53. The normalized spacial score (nSPS) is 17.0. The Balaban J connectivity index is 1.53. The molecule has 0 spiro atoms. The lowest BCUT2D eigenvalue weighted by atomic mass is 10.1. The van der Waals surface area contributed by atoms with Gasteiger partial charge in [0.2, 0.25) is 5.91 Å². The molecule has 1 atom stereocenters. The van der Waals surface area contributed by atoms with Gasteiger partial charge in [0.15, 0.2) is 0 Å². The third-order valence-electron chi connectivity index (χ3n) is 4.57. The molecule has 1 N–H and O–H groups in total. The zero-order chi connectivity index (χ0) is 18.4. The number of anilines is 2. The molecule has 1 fully saturated rings. The third kappa shape index (κ3) is 4.76. The summed E-state index contributed by atoms with van der Waals surface area (Å²) in [7, 11) is 1.65. The van der Waals surface area contributed by atoms with Crippen LogP contribution in [0.5, 0.6) is 5.75 Å². The summed E-state index contributed by atoms with van der Waals surface area (Å²) in [6, 6.07) is 15.8. The molecule has 138 valence electrons. The second-order valence-electron chi connectivity index (χ2n) is 6.53. The molecule has 0 bridgehead atoms. The highest BCUT2D eigenvalue weighted by atomic mass is 16.5. The van der Waals surface area contributed by atoms with Gasteiger partial charge in [-0.2, -0.15) is 0 Å². The van der Waals surface area contributed by atoms with Crippen molar-refractivity contribution in [2.24, 2.45) is 0 Å². The van der Waals surface area contributed by atoms with E-state index in [2.05, 4.69) is 17.1 Å². The van der Waals surface area contributed by atoms with Gasteiger partial charge in [0.1, 0.15) is 5.75 Å². The summed E-state index contributed by atoms with van der Waals surface area (Å²) in [6.45, 7) is 4.63. The van der Waals surface area contributed by atoms with E-state index in [1.807, 2.05) is 48.5 Å². The molecule has 5 nitrogen and oxygen atoms in total. The standard InChI is InChI=1S/C21H26N2O3/c1-16-15-23(13-14-26-16)19-10-8-18(9-11-19)22-21(24)12-7-17-5-3-4-6-20(17)25-2/h3-6,8-11,16H,7,12-15H2,1-2H3,(H,22,24). The number of rotatable bonds is 6. The van der Waals surface area contributed by atoms with Gasteiger partial charge >= 0.3 is 0 Å². The molecular formula is C21H26N2O3. The van der Waals surface area contributed by atoms with Gasteiger partial charge in [-0.1, -0.05) is 18.2 Å². The number of aryl methyl sites for hydroxylation is 1. The molecule has 1 saturated heterocycles. The van der Waals surface area contributed by atoms with E-state index >= 15 is 0 Å². The Kier molecular flexibility index (Phi) is 6.12. The first-order chi connectivity index (χ1) is 12.7. The Morgan fingerprint density at radius 2 is 2.00 bits per heavy atom. The number of benzene rings is 2. The molecule has 0 radical (unpaired) electrons. The van der Waals surface area contributed by atoms with E-state index in [1.165, 1.54) is 0 Å². The smallest absolute Gasteiger partial charge is 0.224 e. The maximum atomic E-state index is 12.2. The second kappa shape index (κ2) is 8.72. The van der Waals surface area contributed by atoms with Crippen LogP contribution in [0.2, 0.25) is 0 Å². The molecule has 2 aromatic rings. The molecule has 5 heteroatoms. The number of methoxy groups -OCH3 is 1. The number of hydrogen-bond donors (Lipinski definition) is 1. The molecule has 2 aromatic carbocycles. The monoisotopic (exact) mass is 354 g/mol. The number of hydrogen-bond acceptors (Lipinski definition) is 4. The Morgan fingerprint density at radius 1 is 1.23 bits per heavy atom. The van der Waals surface area contributed by atoms with Crippen molar-refractivity contribution >= 4 is 17.3 Å². The van der Waals surface area contributed by atoms with Crippen LogP contribution in [0, 0.1) is 0 Å². The topological polar surface area (TPSA) is 50.8 Å². The van der Waals surface area contributed by atoms with Crippen molar-refractivity contribution in [1.82, 2.24) is 0 Å². The molecular weight excluding hydrogens is 328 g/mol. The highest BCUT2D eigenvalue weighted by Gasteiger charge is 2.16. The number of amides is 1. The van der Waals surface area contributed by atoms with Crippen LogP contribution >= 0.6 is 0 Å². The molecule has 1 amide bonds. The van der Waals surface area contributed by atoms with Crippen LogP contribution in [0.4, 0.5) is 11.4 Å². The van der Waals surface area contributed by atoms with Crippen molar-refractivity contribution in [2.45, 2.75) is 25.9 Å². The van der Waals surface area contributed by atoms with Gasteiger partial charge in [-0.05, 0) is 49.2 Å². The first-order valence-corrected chi connectivity index (χ1v) is 9.04. The predicted molar refractivity (Wildman–Crippen MR) is 104 cm³/mol. The van der Waals surface area contributed by atoms with Crippen LogP contribution in [0.1, 0.15) is 18.9 Å². The van der Waals surface area contributed by atoms with E-state index in [0.29, 0.717) is 12.8 Å². The first-order valence-electron chi connectivity index (χ1n) is 9.04. The largest absolute Gasteiger partial charge is 0.496 e. The summed E-state index contributed by atoms with van der Waals surface area (Å²) in [4.78, 5) is 14.5. The number of nitrogens with one attached hydrogen (secondary N) is 1.